The molecule has 1 heterocycles. The summed E-state index contributed by atoms with van der Waals surface area (Å²) in [5.74, 6) is -0.113. The quantitative estimate of drug-likeness (QED) is 0.563. The molecular weight excluding hydrogens is 413 g/mol. The summed E-state index contributed by atoms with van der Waals surface area (Å²) >= 11 is 0. The van der Waals surface area contributed by atoms with Gasteiger partial charge in [0.1, 0.15) is 23.9 Å². The lowest BCUT2D eigenvalue weighted by Crippen LogP contribution is -2.35. The zero-order valence-corrected chi connectivity index (χ0v) is 17.3. The molecule has 0 fully saturated rings. The first-order valence-corrected chi connectivity index (χ1v) is 10.2. The zero-order chi connectivity index (χ0) is 22.3. The Morgan fingerprint density at radius 2 is 1.84 bits per heavy atom. The number of rotatable bonds is 7. The molecular formula is C25H22FNO5. The summed E-state index contributed by atoms with van der Waals surface area (Å²) < 4.78 is 29.4. The monoisotopic (exact) mass is 435 g/mol. The third-order valence-electron chi connectivity index (χ3n) is 5.02. The Balaban J connectivity index is 1.29. The normalized spacial score (nSPS) is 14.6. The number of nitrogens with one attached hydrogen (secondary N) is 1. The van der Waals surface area contributed by atoms with Crippen molar-refractivity contribution in [2.75, 3.05) is 13.2 Å². The largest absolute Gasteiger partial charge is 0.493 e. The van der Waals surface area contributed by atoms with Gasteiger partial charge in [0.25, 0.3) is 5.91 Å². The fourth-order valence-electron chi connectivity index (χ4n) is 3.40. The van der Waals surface area contributed by atoms with E-state index in [0.717, 1.165) is 16.9 Å². The van der Waals surface area contributed by atoms with E-state index >= 15 is 0 Å². The number of carbonyl (C=O) groups is 2. The highest BCUT2D eigenvalue weighted by Gasteiger charge is 2.23. The van der Waals surface area contributed by atoms with Crippen LogP contribution in [0.2, 0.25) is 0 Å². The lowest BCUT2D eigenvalue weighted by Gasteiger charge is -2.26. The van der Waals surface area contributed by atoms with Crippen molar-refractivity contribution in [1.29, 1.82) is 0 Å². The molecule has 0 aliphatic carbocycles. The average Bonchev–Trinajstić information content (AvgIpc) is 2.82. The van der Waals surface area contributed by atoms with E-state index in [1.54, 1.807) is 36.4 Å². The van der Waals surface area contributed by atoms with Crippen LogP contribution in [0.5, 0.6) is 11.5 Å². The molecule has 0 bridgehead atoms. The fraction of sp³-hybridized carbons (Fsp3) is 0.200. The van der Waals surface area contributed by atoms with Crippen LogP contribution in [0.4, 0.5) is 4.39 Å². The van der Waals surface area contributed by atoms with E-state index in [4.69, 9.17) is 14.2 Å². The van der Waals surface area contributed by atoms with Gasteiger partial charge in [0, 0.05) is 12.0 Å². The Morgan fingerprint density at radius 1 is 1.03 bits per heavy atom. The Bertz CT molecular complexity index is 1100. The number of hydrogen-bond acceptors (Lipinski definition) is 5. The number of para-hydroxylation sites is 1. The van der Waals surface area contributed by atoms with E-state index in [9.17, 15) is 14.0 Å². The van der Waals surface area contributed by atoms with Gasteiger partial charge >= 0.3 is 5.97 Å². The molecule has 0 aromatic heterocycles. The van der Waals surface area contributed by atoms with Gasteiger partial charge in [0.05, 0.1) is 18.2 Å². The van der Waals surface area contributed by atoms with E-state index in [-0.39, 0.29) is 36.5 Å². The first-order valence-electron chi connectivity index (χ1n) is 10.2. The van der Waals surface area contributed by atoms with Gasteiger partial charge in [-0.15, -0.1) is 0 Å². The van der Waals surface area contributed by atoms with E-state index in [1.165, 1.54) is 12.1 Å². The molecule has 1 unspecified atom stereocenters. The number of esters is 1. The van der Waals surface area contributed by atoms with Crippen LogP contribution in [-0.4, -0.2) is 25.1 Å². The second-order valence-electron chi connectivity index (χ2n) is 7.31. The third kappa shape index (κ3) is 5.43. The Labute approximate surface area is 184 Å². The zero-order valence-electron chi connectivity index (χ0n) is 17.3. The number of amides is 1. The van der Waals surface area contributed by atoms with Crippen LogP contribution >= 0.6 is 0 Å². The highest BCUT2D eigenvalue weighted by Crippen LogP contribution is 2.31. The molecule has 7 heteroatoms. The fourth-order valence-corrected chi connectivity index (χ4v) is 3.40. The molecule has 32 heavy (non-hydrogen) atoms. The first kappa shape index (κ1) is 21.4. The van der Waals surface area contributed by atoms with E-state index < -0.39 is 5.97 Å². The molecule has 6 nitrogen and oxygen atoms in total. The Kier molecular flexibility index (Phi) is 6.65. The summed E-state index contributed by atoms with van der Waals surface area (Å²) in [5, 5.41) is 2.89. The molecule has 164 valence electrons. The summed E-state index contributed by atoms with van der Waals surface area (Å²) in [6.07, 6.45) is 0.643. The van der Waals surface area contributed by atoms with Crippen molar-refractivity contribution in [2.45, 2.75) is 19.1 Å². The number of hydrogen-bond donors (Lipinski definition) is 1. The van der Waals surface area contributed by atoms with Crippen LogP contribution in [-0.2, 0) is 16.1 Å². The lowest BCUT2D eigenvalue weighted by molar-refractivity contribution is -0.125. The minimum atomic E-state index is -0.625. The summed E-state index contributed by atoms with van der Waals surface area (Å²) in [6, 6.07) is 19.8. The van der Waals surface area contributed by atoms with Gasteiger partial charge in [-0.3, -0.25) is 4.79 Å². The molecule has 0 spiro atoms. The van der Waals surface area contributed by atoms with E-state index in [1.807, 2.05) is 24.3 Å². The number of carbonyl (C=O) groups excluding carboxylic acids is 2. The van der Waals surface area contributed by atoms with Crippen LogP contribution < -0.4 is 14.8 Å². The molecule has 1 N–H and O–H groups in total. The van der Waals surface area contributed by atoms with Gasteiger partial charge < -0.3 is 19.5 Å². The predicted octanol–water partition coefficient (Wildman–Crippen LogP) is 4.20. The van der Waals surface area contributed by atoms with Crippen LogP contribution in [0.1, 0.15) is 33.9 Å². The van der Waals surface area contributed by atoms with Gasteiger partial charge in [0.2, 0.25) is 0 Å². The maximum absolute atomic E-state index is 13.0. The van der Waals surface area contributed by atoms with Crippen LogP contribution in [0.15, 0.2) is 72.8 Å². The van der Waals surface area contributed by atoms with Gasteiger partial charge in [-0.25, -0.2) is 9.18 Å². The van der Waals surface area contributed by atoms with Gasteiger partial charge in [-0.2, -0.15) is 0 Å². The van der Waals surface area contributed by atoms with Crippen molar-refractivity contribution in [3.05, 3.63) is 95.3 Å². The molecule has 1 atom stereocenters. The summed E-state index contributed by atoms with van der Waals surface area (Å²) in [7, 11) is 0. The first-order chi connectivity index (χ1) is 15.6. The van der Waals surface area contributed by atoms with Crippen molar-refractivity contribution in [2.24, 2.45) is 0 Å². The van der Waals surface area contributed by atoms with E-state index in [2.05, 4.69) is 5.32 Å². The SMILES string of the molecule is O=C(COC(=O)c1cccc(OCc2ccc(F)cc2)c1)NC1CCOc2ccccc21. The highest BCUT2D eigenvalue weighted by atomic mass is 19.1. The van der Waals surface area contributed by atoms with Crippen LogP contribution in [0.3, 0.4) is 0 Å². The maximum atomic E-state index is 13.0. The lowest BCUT2D eigenvalue weighted by atomic mass is 10.0. The van der Waals surface area contributed by atoms with Gasteiger partial charge in [-0.05, 0) is 42.0 Å². The molecule has 0 saturated carbocycles. The molecule has 1 amide bonds. The number of ether oxygens (including phenoxy) is 3. The molecule has 0 saturated heterocycles. The molecule has 1 aliphatic heterocycles. The molecule has 0 radical (unpaired) electrons. The highest BCUT2D eigenvalue weighted by molar-refractivity contribution is 5.91. The van der Waals surface area contributed by atoms with Crippen molar-refractivity contribution in [3.8, 4) is 11.5 Å². The van der Waals surface area contributed by atoms with Crippen LogP contribution in [0, 0.1) is 5.82 Å². The maximum Gasteiger partial charge on any atom is 0.338 e. The van der Waals surface area contributed by atoms with Crippen molar-refractivity contribution >= 4 is 11.9 Å². The minimum absolute atomic E-state index is 0.186. The number of benzene rings is 3. The topological polar surface area (TPSA) is 73.9 Å². The standard InChI is InChI=1S/C25H22FNO5/c26-19-10-8-17(9-11-19)15-31-20-5-3-4-18(14-20)25(29)32-16-24(28)27-22-12-13-30-23-7-2-1-6-21(22)23/h1-11,14,22H,12-13,15-16H2,(H,27,28). The molecule has 1 aliphatic rings. The predicted molar refractivity (Wildman–Crippen MR) is 115 cm³/mol. The summed E-state index contributed by atoms with van der Waals surface area (Å²) in [4.78, 5) is 24.7. The second kappa shape index (κ2) is 9.96. The average molecular weight is 435 g/mol. The van der Waals surface area contributed by atoms with Crippen molar-refractivity contribution < 1.29 is 28.2 Å². The smallest absolute Gasteiger partial charge is 0.338 e. The second-order valence-corrected chi connectivity index (χ2v) is 7.31. The summed E-state index contributed by atoms with van der Waals surface area (Å²) in [5.41, 5.74) is 1.97. The minimum Gasteiger partial charge on any atom is -0.493 e. The Hall–Kier alpha value is -3.87. The molecule has 3 aromatic carbocycles. The molecule has 3 aromatic rings. The van der Waals surface area contributed by atoms with E-state index in [0.29, 0.717) is 18.8 Å². The van der Waals surface area contributed by atoms with Gasteiger partial charge in [0.15, 0.2) is 6.61 Å². The third-order valence-corrected chi connectivity index (χ3v) is 5.02. The van der Waals surface area contributed by atoms with Crippen molar-refractivity contribution in [1.82, 2.24) is 5.32 Å². The summed E-state index contributed by atoms with van der Waals surface area (Å²) in [6.45, 7) is 0.346. The van der Waals surface area contributed by atoms with Crippen LogP contribution in [0.25, 0.3) is 0 Å². The van der Waals surface area contributed by atoms with Crippen molar-refractivity contribution in [3.63, 3.8) is 0 Å². The van der Waals surface area contributed by atoms with Gasteiger partial charge in [-0.1, -0.05) is 36.4 Å². The number of fused-ring (bicyclic) bond motifs is 1. The number of halogens is 1. The molecule has 4 rings (SSSR count). The Morgan fingerprint density at radius 3 is 2.69 bits per heavy atom.